The quantitative estimate of drug-likeness (QED) is 0.512. The smallest absolute Gasteiger partial charge is 0.335 e. The van der Waals surface area contributed by atoms with Crippen LogP contribution >= 0.6 is 11.8 Å². The predicted octanol–water partition coefficient (Wildman–Crippen LogP) is 4.98. The van der Waals surface area contributed by atoms with Crippen LogP contribution in [0.3, 0.4) is 0 Å². The third kappa shape index (κ3) is 7.80. The van der Waals surface area contributed by atoms with Gasteiger partial charge in [-0.1, -0.05) is 39.3 Å². The zero-order chi connectivity index (χ0) is 18.8. The largest absolute Gasteiger partial charge is 0.491 e. The number of carboxylic acids is 1. The van der Waals surface area contributed by atoms with Gasteiger partial charge >= 0.3 is 5.97 Å². The standard InChI is InChI=1S/C20H28O4S/c1-5-7-9-18(21)13-24-19-11-16(10-17(12-19)20(22)23)15(4)25-14(3)8-6-2/h6,10-12,14,18,21H,2,4-5,7-9,13H2,1,3H3,(H,22,23)/t14?,18-/m0/s1. The maximum Gasteiger partial charge on any atom is 0.335 e. The highest BCUT2D eigenvalue weighted by Crippen LogP contribution is 2.33. The summed E-state index contributed by atoms with van der Waals surface area (Å²) >= 11 is 1.58. The maximum absolute atomic E-state index is 11.4. The number of aliphatic hydroxyl groups is 1. The van der Waals surface area contributed by atoms with Gasteiger partial charge in [0.15, 0.2) is 0 Å². The number of hydrogen-bond donors (Lipinski definition) is 2. The molecule has 2 atom stereocenters. The van der Waals surface area contributed by atoms with E-state index in [1.54, 1.807) is 23.9 Å². The van der Waals surface area contributed by atoms with E-state index in [2.05, 4.69) is 27.0 Å². The molecule has 5 heteroatoms. The van der Waals surface area contributed by atoms with E-state index in [4.69, 9.17) is 4.74 Å². The van der Waals surface area contributed by atoms with E-state index in [9.17, 15) is 15.0 Å². The first kappa shape index (κ1) is 21.3. The number of ether oxygens (including phenoxy) is 1. The summed E-state index contributed by atoms with van der Waals surface area (Å²) in [5.41, 5.74) is 0.868. The fraction of sp³-hybridized carbons (Fsp3) is 0.450. The van der Waals surface area contributed by atoms with E-state index in [0.29, 0.717) is 17.4 Å². The van der Waals surface area contributed by atoms with Gasteiger partial charge in [-0.2, -0.15) is 0 Å². The summed E-state index contributed by atoms with van der Waals surface area (Å²) in [6, 6.07) is 4.84. The predicted molar refractivity (Wildman–Crippen MR) is 105 cm³/mol. The third-order valence-corrected chi connectivity index (χ3v) is 4.77. The summed E-state index contributed by atoms with van der Waals surface area (Å²) < 4.78 is 5.62. The molecule has 0 bridgehead atoms. The van der Waals surface area contributed by atoms with Gasteiger partial charge in [-0.05, 0) is 36.6 Å². The molecule has 2 N–H and O–H groups in total. The van der Waals surface area contributed by atoms with Gasteiger partial charge in [0.2, 0.25) is 0 Å². The zero-order valence-corrected chi connectivity index (χ0v) is 15.8. The van der Waals surface area contributed by atoms with Crippen molar-refractivity contribution in [2.75, 3.05) is 6.61 Å². The zero-order valence-electron chi connectivity index (χ0n) is 15.0. The normalized spacial score (nSPS) is 13.1. The molecule has 0 radical (unpaired) electrons. The Bertz CT molecular complexity index is 597. The lowest BCUT2D eigenvalue weighted by molar-refractivity contribution is 0.0695. The molecule has 0 fully saturated rings. The van der Waals surface area contributed by atoms with E-state index in [1.165, 1.54) is 6.07 Å². The van der Waals surface area contributed by atoms with Crippen LogP contribution in [0.1, 0.15) is 55.5 Å². The van der Waals surface area contributed by atoms with Crippen molar-refractivity contribution in [2.24, 2.45) is 0 Å². The Labute approximate surface area is 154 Å². The number of unbranched alkanes of at least 4 members (excludes halogenated alkanes) is 1. The Morgan fingerprint density at radius 1 is 1.36 bits per heavy atom. The second kappa shape index (κ2) is 11.0. The molecule has 0 aromatic heterocycles. The number of carboxylic acid groups (broad SMARTS) is 1. The highest BCUT2D eigenvalue weighted by atomic mass is 32.2. The molecular formula is C20H28O4S. The fourth-order valence-corrected chi connectivity index (χ4v) is 3.25. The van der Waals surface area contributed by atoms with Crippen molar-refractivity contribution in [2.45, 2.75) is 50.9 Å². The first-order valence-electron chi connectivity index (χ1n) is 8.53. The highest BCUT2D eigenvalue weighted by Gasteiger charge is 2.13. The average Bonchev–Trinajstić information content (AvgIpc) is 2.57. The second-order valence-electron chi connectivity index (χ2n) is 6.03. The number of benzene rings is 1. The van der Waals surface area contributed by atoms with Crippen molar-refractivity contribution in [3.05, 3.63) is 48.6 Å². The third-order valence-electron chi connectivity index (χ3n) is 3.65. The Morgan fingerprint density at radius 2 is 2.04 bits per heavy atom. The van der Waals surface area contributed by atoms with Gasteiger partial charge in [0.25, 0.3) is 0 Å². The van der Waals surface area contributed by atoms with Crippen LogP contribution in [-0.2, 0) is 0 Å². The number of rotatable bonds is 12. The topological polar surface area (TPSA) is 66.8 Å². The van der Waals surface area contributed by atoms with Crippen LogP contribution < -0.4 is 4.74 Å². The lowest BCUT2D eigenvalue weighted by Gasteiger charge is -2.15. The Balaban J connectivity index is 2.87. The van der Waals surface area contributed by atoms with Gasteiger partial charge in [0, 0.05) is 10.2 Å². The van der Waals surface area contributed by atoms with Crippen LogP contribution in [-0.4, -0.2) is 34.1 Å². The molecule has 138 valence electrons. The summed E-state index contributed by atoms with van der Waals surface area (Å²) in [4.78, 5) is 12.2. The summed E-state index contributed by atoms with van der Waals surface area (Å²) in [5.74, 6) is -0.584. The minimum Gasteiger partial charge on any atom is -0.491 e. The van der Waals surface area contributed by atoms with Crippen molar-refractivity contribution in [1.29, 1.82) is 0 Å². The first-order valence-corrected chi connectivity index (χ1v) is 9.41. The minimum atomic E-state index is -1.02. The molecule has 0 heterocycles. The van der Waals surface area contributed by atoms with Crippen LogP contribution in [0.2, 0.25) is 0 Å². The van der Waals surface area contributed by atoms with Crippen molar-refractivity contribution in [1.82, 2.24) is 0 Å². The van der Waals surface area contributed by atoms with Crippen LogP contribution in [0.15, 0.2) is 37.4 Å². The Morgan fingerprint density at radius 3 is 2.64 bits per heavy atom. The number of thioether (sulfide) groups is 1. The molecule has 4 nitrogen and oxygen atoms in total. The van der Waals surface area contributed by atoms with E-state index in [1.807, 2.05) is 6.08 Å². The van der Waals surface area contributed by atoms with Gasteiger partial charge < -0.3 is 14.9 Å². The van der Waals surface area contributed by atoms with Crippen LogP contribution in [0.4, 0.5) is 0 Å². The lowest BCUT2D eigenvalue weighted by Crippen LogP contribution is -2.17. The maximum atomic E-state index is 11.4. The molecule has 0 spiro atoms. The van der Waals surface area contributed by atoms with E-state index >= 15 is 0 Å². The monoisotopic (exact) mass is 364 g/mol. The second-order valence-corrected chi connectivity index (χ2v) is 7.57. The average molecular weight is 365 g/mol. The molecule has 1 rings (SSSR count). The van der Waals surface area contributed by atoms with E-state index in [0.717, 1.165) is 29.7 Å². The van der Waals surface area contributed by atoms with Crippen LogP contribution in [0.5, 0.6) is 5.75 Å². The van der Waals surface area contributed by atoms with Gasteiger partial charge in [-0.25, -0.2) is 4.79 Å². The van der Waals surface area contributed by atoms with E-state index in [-0.39, 0.29) is 12.2 Å². The molecule has 0 aliphatic rings. The van der Waals surface area contributed by atoms with Gasteiger partial charge in [0.05, 0.1) is 11.7 Å². The van der Waals surface area contributed by atoms with Gasteiger partial charge in [0.1, 0.15) is 12.4 Å². The SMILES string of the molecule is C=CCC(C)SC(=C)c1cc(OC[C@@H](O)CCCC)cc(C(=O)O)c1. The number of hydrogen-bond acceptors (Lipinski definition) is 4. The molecule has 1 aromatic carbocycles. The van der Waals surface area contributed by atoms with Crippen LogP contribution in [0.25, 0.3) is 4.91 Å². The summed E-state index contributed by atoms with van der Waals surface area (Å²) in [7, 11) is 0. The Kier molecular flexibility index (Phi) is 9.39. The number of aliphatic hydroxyl groups excluding tert-OH is 1. The van der Waals surface area contributed by atoms with Gasteiger partial charge in [-0.3, -0.25) is 0 Å². The fourth-order valence-electron chi connectivity index (χ4n) is 2.28. The number of carbonyl (C=O) groups is 1. The molecule has 0 saturated heterocycles. The molecule has 25 heavy (non-hydrogen) atoms. The molecule has 0 aliphatic carbocycles. The van der Waals surface area contributed by atoms with Crippen LogP contribution in [0, 0.1) is 0 Å². The number of aromatic carboxylic acids is 1. The Hall–Kier alpha value is -1.72. The first-order chi connectivity index (χ1) is 11.9. The summed E-state index contributed by atoms with van der Waals surface area (Å²) in [6.45, 7) is 12.1. The molecule has 0 amide bonds. The van der Waals surface area contributed by atoms with Crippen molar-refractivity contribution >= 4 is 22.6 Å². The van der Waals surface area contributed by atoms with Gasteiger partial charge in [-0.15, -0.1) is 18.3 Å². The molecular weight excluding hydrogens is 336 g/mol. The van der Waals surface area contributed by atoms with Crippen molar-refractivity contribution in [3.63, 3.8) is 0 Å². The highest BCUT2D eigenvalue weighted by molar-refractivity contribution is 8.08. The number of allylic oxidation sites excluding steroid dienone is 1. The molecule has 0 saturated carbocycles. The van der Waals surface area contributed by atoms with Crippen molar-refractivity contribution in [3.8, 4) is 5.75 Å². The van der Waals surface area contributed by atoms with E-state index < -0.39 is 12.1 Å². The summed E-state index contributed by atoms with van der Waals surface area (Å²) in [6.07, 6.45) is 4.75. The van der Waals surface area contributed by atoms with Crippen molar-refractivity contribution < 1.29 is 19.7 Å². The summed E-state index contributed by atoms with van der Waals surface area (Å²) in [5, 5.41) is 19.5. The molecule has 1 unspecified atom stereocenters. The molecule has 1 aromatic rings. The lowest BCUT2D eigenvalue weighted by atomic mass is 10.1. The minimum absolute atomic E-state index is 0.147. The molecule has 0 aliphatic heterocycles.